The van der Waals surface area contributed by atoms with Gasteiger partial charge >= 0.3 is 6.55 Å². The minimum absolute atomic E-state index is 0.0344. The van der Waals surface area contributed by atoms with Gasteiger partial charge in [0.05, 0.1) is 35.5 Å². The lowest BCUT2D eigenvalue weighted by molar-refractivity contribution is 0.0566. The fraction of sp³-hybridized carbons (Fsp3) is 0.423. The lowest BCUT2D eigenvalue weighted by atomic mass is 9.93. The van der Waals surface area contributed by atoms with Crippen LogP contribution in [0.4, 0.5) is 20.4 Å². The first-order chi connectivity index (χ1) is 19.8. The lowest BCUT2D eigenvalue weighted by Gasteiger charge is -2.29. The largest absolute Gasteiger partial charge is 0.490 e. The van der Waals surface area contributed by atoms with Crippen molar-refractivity contribution in [3.05, 3.63) is 49.3 Å². The molecule has 0 spiro atoms. The van der Waals surface area contributed by atoms with Crippen molar-refractivity contribution < 1.29 is 21.9 Å². The van der Waals surface area contributed by atoms with Gasteiger partial charge in [0.2, 0.25) is 0 Å². The molecule has 41 heavy (non-hydrogen) atoms. The van der Waals surface area contributed by atoms with Gasteiger partial charge in [-0.1, -0.05) is 0 Å². The van der Waals surface area contributed by atoms with Crippen molar-refractivity contribution in [2.75, 3.05) is 12.4 Å². The average Bonchev–Trinajstić information content (AvgIpc) is 3.51. The smallest absolute Gasteiger partial charge is 0.333 e. The Kier molecular flexibility index (Phi) is 7.38. The molecule has 4 aromatic heterocycles. The molecule has 2 saturated carbocycles. The Bertz CT molecular complexity index is 1630. The van der Waals surface area contributed by atoms with E-state index in [1.807, 2.05) is 7.05 Å². The zero-order chi connectivity index (χ0) is 28.6. The van der Waals surface area contributed by atoms with E-state index in [1.165, 1.54) is 24.8 Å². The van der Waals surface area contributed by atoms with Gasteiger partial charge in [0.25, 0.3) is 10.0 Å². The highest BCUT2D eigenvalue weighted by molar-refractivity contribution is 7.90. The zero-order valence-corrected chi connectivity index (χ0v) is 23.0. The maximum Gasteiger partial charge on any atom is 0.333 e. The minimum Gasteiger partial charge on any atom is -0.490 e. The number of pyridine rings is 1. The first-order valence-corrected chi connectivity index (χ1v) is 14.9. The summed E-state index contributed by atoms with van der Waals surface area (Å²) in [5.74, 6) is 1.62. The summed E-state index contributed by atoms with van der Waals surface area (Å²) in [6.07, 6.45) is 13.4. The van der Waals surface area contributed by atoms with E-state index in [9.17, 15) is 17.2 Å². The SMILES string of the molecule is CNC1CCC(Oc2cc(Nc3ccnc(-c4cnn(S(=O)(=O)C5CC5)c4)n3)ncc2-c2cnn(C(F)F)c2)CC1. The Hall–Kier alpha value is -3.98. The molecule has 4 heterocycles. The second kappa shape index (κ2) is 11.1. The molecule has 0 unspecified atom stereocenters. The van der Waals surface area contributed by atoms with Gasteiger partial charge in [0.15, 0.2) is 5.82 Å². The summed E-state index contributed by atoms with van der Waals surface area (Å²) in [4.78, 5) is 13.2. The molecule has 0 saturated heterocycles. The third-order valence-electron chi connectivity index (χ3n) is 7.29. The van der Waals surface area contributed by atoms with Crippen LogP contribution in [0.2, 0.25) is 0 Å². The molecular formula is C26H29F2N9O3S. The third kappa shape index (κ3) is 5.91. The van der Waals surface area contributed by atoms with Crippen molar-refractivity contribution in [2.45, 2.75) is 62.5 Å². The number of alkyl halides is 2. The fourth-order valence-electron chi connectivity index (χ4n) is 4.83. The summed E-state index contributed by atoms with van der Waals surface area (Å²) >= 11 is 0. The first-order valence-electron chi connectivity index (χ1n) is 13.4. The topological polar surface area (TPSA) is 142 Å². The molecule has 0 aliphatic heterocycles. The van der Waals surface area contributed by atoms with E-state index in [-0.39, 0.29) is 6.10 Å². The first kappa shape index (κ1) is 27.2. The van der Waals surface area contributed by atoms with Crippen molar-refractivity contribution in [1.29, 1.82) is 0 Å². The molecule has 2 aliphatic rings. The van der Waals surface area contributed by atoms with E-state index in [0.717, 1.165) is 29.8 Å². The predicted molar refractivity (Wildman–Crippen MR) is 146 cm³/mol. The van der Waals surface area contributed by atoms with E-state index in [2.05, 4.69) is 35.8 Å². The summed E-state index contributed by atoms with van der Waals surface area (Å²) in [5, 5.41) is 13.8. The van der Waals surface area contributed by atoms with Crippen molar-refractivity contribution in [2.24, 2.45) is 0 Å². The van der Waals surface area contributed by atoms with Gasteiger partial charge in [-0.2, -0.15) is 23.1 Å². The highest BCUT2D eigenvalue weighted by atomic mass is 32.2. The predicted octanol–water partition coefficient (Wildman–Crippen LogP) is 3.99. The Balaban J connectivity index is 1.25. The molecule has 4 aromatic rings. The van der Waals surface area contributed by atoms with Gasteiger partial charge < -0.3 is 15.4 Å². The highest BCUT2D eigenvalue weighted by Gasteiger charge is 2.37. The summed E-state index contributed by atoms with van der Waals surface area (Å²) in [7, 11) is -1.55. The Labute approximate surface area is 235 Å². The molecule has 2 N–H and O–H groups in total. The van der Waals surface area contributed by atoms with Gasteiger partial charge in [0.1, 0.15) is 17.4 Å². The minimum atomic E-state index is -3.50. The summed E-state index contributed by atoms with van der Waals surface area (Å²) in [6.45, 7) is -2.76. The van der Waals surface area contributed by atoms with Crippen LogP contribution in [0.25, 0.3) is 22.5 Å². The Morgan fingerprint density at radius 1 is 0.976 bits per heavy atom. The number of nitrogens with zero attached hydrogens (tertiary/aromatic N) is 7. The maximum atomic E-state index is 13.2. The van der Waals surface area contributed by atoms with E-state index < -0.39 is 21.8 Å². The maximum absolute atomic E-state index is 13.2. The van der Waals surface area contributed by atoms with Gasteiger partial charge in [-0.3, -0.25) is 0 Å². The van der Waals surface area contributed by atoms with Gasteiger partial charge in [-0.25, -0.2) is 28.1 Å². The lowest BCUT2D eigenvalue weighted by Crippen LogP contribution is -2.34. The van der Waals surface area contributed by atoms with Crippen LogP contribution >= 0.6 is 0 Å². The molecule has 15 heteroatoms. The quantitative estimate of drug-likeness (QED) is 0.281. The summed E-state index contributed by atoms with van der Waals surface area (Å²) in [5.41, 5.74) is 1.47. The van der Waals surface area contributed by atoms with E-state index >= 15 is 0 Å². The van der Waals surface area contributed by atoms with Crippen LogP contribution in [0.3, 0.4) is 0 Å². The molecule has 0 amide bonds. The number of hydrogen-bond acceptors (Lipinski definition) is 10. The van der Waals surface area contributed by atoms with Crippen molar-refractivity contribution in [3.63, 3.8) is 0 Å². The monoisotopic (exact) mass is 585 g/mol. The number of halogens is 2. The molecular weight excluding hydrogens is 556 g/mol. The van der Waals surface area contributed by atoms with E-state index in [0.29, 0.717) is 63.5 Å². The van der Waals surface area contributed by atoms with Crippen LogP contribution in [-0.4, -0.2) is 66.8 Å². The van der Waals surface area contributed by atoms with E-state index in [4.69, 9.17) is 4.74 Å². The molecule has 6 rings (SSSR count). The third-order valence-corrected chi connectivity index (χ3v) is 9.33. The molecule has 2 fully saturated rings. The second-order valence-corrected chi connectivity index (χ2v) is 12.2. The normalized spacial score (nSPS) is 19.4. The van der Waals surface area contributed by atoms with Crippen LogP contribution in [-0.2, 0) is 10.0 Å². The molecule has 12 nitrogen and oxygen atoms in total. The molecule has 0 bridgehead atoms. The average molecular weight is 586 g/mol. The number of aromatic nitrogens is 7. The van der Waals surface area contributed by atoms with Crippen molar-refractivity contribution in [1.82, 2.24) is 39.2 Å². The zero-order valence-electron chi connectivity index (χ0n) is 22.2. The van der Waals surface area contributed by atoms with Crippen LogP contribution < -0.4 is 15.4 Å². The number of nitrogens with one attached hydrogen (secondary N) is 2. The summed E-state index contributed by atoms with van der Waals surface area (Å²) in [6, 6.07) is 3.80. The van der Waals surface area contributed by atoms with Crippen molar-refractivity contribution >= 4 is 21.7 Å². The summed E-state index contributed by atoms with van der Waals surface area (Å²) < 4.78 is 59.3. The molecule has 216 valence electrons. The Morgan fingerprint density at radius 3 is 2.46 bits per heavy atom. The number of hydrogen-bond donors (Lipinski definition) is 2. The Morgan fingerprint density at radius 2 is 1.76 bits per heavy atom. The number of ether oxygens (including phenoxy) is 1. The molecule has 0 aromatic carbocycles. The molecule has 0 radical (unpaired) electrons. The number of rotatable bonds is 10. The molecule has 0 atom stereocenters. The fourth-order valence-corrected chi connectivity index (χ4v) is 6.31. The van der Waals surface area contributed by atoms with Crippen molar-refractivity contribution in [3.8, 4) is 28.3 Å². The molecule has 2 aliphatic carbocycles. The van der Waals surface area contributed by atoms with Gasteiger partial charge in [0, 0.05) is 41.8 Å². The highest BCUT2D eigenvalue weighted by Crippen LogP contribution is 2.35. The van der Waals surface area contributed by atoms with Crippen LogP contribution in [0.15, 0.2) is 49.3 Å². The number of anilines is 2. The standard InChI is InChI=1S/C26H29F2N9O3S/c1-29-18-2-4-19(5-3-18)40-22-10-24(31-13-21(22)16-11-32-36(14-16)26(27)28)34-23-8-9-30-25(35-23)17-12-33-37(15-17)41(38,39)20-6-7-20/h8-15,18-20,26,29H,2-7H2,1H3,(H,30,31,34,35). The van der Waals surface area contributed by atoms with E-state index in [1.54, 1.807) is 24.5 Å². The van der Waals surface area contributed by atoms with Gasteiger partial charge in [-0.15, -0.1) is 0 Å². The van der Waals surface area contributed by atoms with Gasteiger partial charge in [-0.05, 0) is 51.6 Å². The van der Waals surface area contributed by atoms with Crippen LogP contribution in [0.1, 0.15) is 45.1 Å². The second-order valence-electron chi connectivity index (χ2n) is 10.2. The van der Waals surface area contributed by atoms with Crippen LogP contribution in [0.5, 0.6) is 5.75 Å². The van der Waals surface area contributed by atoms with Crippen LogP contribution in [0, 0.1) is 0 Å².